The molecule has 2 fully saturated rings. The molecular formula is C21H31N3O. The van der Waals surface area contributed by atoms with E-state index in [1.807, 2.05) is 12.1 Å². The van der Waals surface area contributed by atoms with Crippen LogP contribution in [0.3, 0.4) is 0 Å². The Balaban J connectivity index is 1.61. The maximum absolute atomic E-state index is 12.3. The van der Waals surface area contributed by atoms with Crippen LogP contribution in [0.15, 0.2) is 29.8 Å². The smallest absolute Gasteiger partial charge is 0.248 e. The molecule has 1 amide bonds. The molecule has 4 heteroatoms. The highest BCUT2D eigenvalue weighted by atomic mass is 16.1. The molecule has 1 aliphatic heterocycles. The van der Waals surface area contributed by atoms with Crippen LogP contribution in [-0.4, -0.2) is 44.0 Å². The molecule has 0 atom stereocenters. The summed E-state index contributed by atoms with van der Waals surface area (Å²) in [5.41, 5.74) is 4.69. The van der Waals surface area contributed by atoms with Crippen molar-refractivity contribution >= 4 is 17.3 Å². The molecule has 4 nitrogen and oxygen atoms in total. The molecule has 1 N–H and O–H groups in total. The lowest BCUT2D eigenvalue weighted by Gasteiger charge is -2.35. The minimum Gasteiger partial charge on any atom is -0.369 e. The van der Waals surface area contributed by atoms with Crippen molar-refractivity contribution in [3.8, 4) is 0 Å². The van der Waals surface area contributed by atoms with Crippen molar-refractivity contribution in [1.82, 2.24) is 4.90 Å². The summed E-state index contributed by atoms with van der Waals surface area (Å²) in [5, 5.41) is 3.04. The number of piperazine rings is 1. The topological polar surface area (TPSA) is 35.6 Å². The average Bonchev–Trinajstić information content (AvgIpc) is 2.58. The SMILES string of the molecule is Cc1cc(NC(=O)C=C2CCC(C)CC2)ccc1N1CCN(C)CC1. The van der Waals surface area contributed by atoms with E-state index in [-0.39, 0.29) is 5.91 Å². The quantitative estimate of drug-likeness (QED) is 0.849. The summed E-state index contributed by atoms with van der Waals surface area (Å²) < 4.78 is 0. The number of nitrogens with one attached hydrogen (secondary N) is 1. The van der Waals surface area contributed by atoms with Gasteiger partial charge in [0.15, 0.2) is 0 Å². The molecule has 0 radical (unpaired) electrons. The van der Waals surface area contributed by atoms with E-state index in [4.69, 9.17) is 0 Å². The molecule has 0 spiro atoms. The Bertz CT molecular complexity index is 635. The van der Waals surface area contributed by atoms with Gasteiger partial charge in [-0.2, -0.15) is 0 Å². The summed E-state index contributed by atoms with van der Waals surface area (Å²) >= 11 is 0. The number of anilines is 2. The lowest BCUT2D eigenvalue weighted by molar-refractivity contribution is -0.112. The zero-order valence-corrected chi connectivity index (χ0v) is 15.8. The van der Waals surface area contributed by atoms with E-state index in [9.17, 15) is 4.79 Å². The lowest BCUT2D eigenvalue weighted by atomic mass is 9.87. The highest BCUT2D eigenvalue weighted by molar-refractivity contribution is 6.00. The van der Waals surface area contributed by atoms with Gasteiger partial charge in [-0.1, -0.05) is 12.5 Å². The summed E-state index contributed by atoms with van der Waals surface area (Å²) in [7, 11) is 2.17. The van der Waals surface area contributed by atoms with Crippen molar-refractivity contribution in [2.75, 3.05) is 43.4 Å². The number of benzene rings is 1. The highest BCUT2D eigenvalue weighted by Gasteiger charge is 2.16. The predicted molar refractivity (Wildman–Crippen MR) is 105 cm³/mol. The van der Waals surface area contributed by atoms with Gasteiger partial charge in [0.05, 0.1) is 0 Å². The number of aryl methyl sites for hydroxylation is 1. The van der Waals surface area contributed by atoms with Gasteiger partial charge in [0.1, 0.15) is 0 Å². The second kappa shape index (κ2) is 8.05. The van der Waals surface area contributed by atoms with Crippen LogP contribution in [0.1, 0.15) is 38.2 Å². The summed E-state index contributed by atoms with van der Waals surface area (Å²) in [6.45, 7) is 8.75. The van der Waals surface area contributed by atoms with Crippen molar-refractivity contribution < 1.29 is 4.79 Å². The average molecular weight is 341 g/mol. The normalized spacial score (nSPS) is 22.0. The van der Waals surface area contributed by atoms with Gasteiger partial charge in [-0.05, 0) is 69.3 Å². The summed E-state index contributed by atoms with van der Waals surface area (Å²) in [6.07, 6.45) is 6.36. The molecule has 1 aliphatic carbocycles. The third-order valence-corrected chi connectivity index (χ3v) is 5.56. The molecule has 25 heavy (non-hydrogen) atoms. The van der Waals surface area contributed by atoms with Crippen LogP contribution in [0, 0.1) is 12.8 Å². The van der Waals surface area contributed by atoms with Gasteiger partial charge in [0.25, 0.3) is 0 Å². The van der Waals surface area contributed by atoms with E-state index >= 15 is 0 Å². The monoisotopic (exact) mass is 341 g/mol. The molecule has 1 saturated carbocycles. The van der Waals surface area contributed by atoms with Crippen LogP contribution in [0.4, 0.5) is 11.4 Å². The molecule has 0 bridgehead atoms. The standard InChI is InChI=1S/C21H31N3O/c1-16-4-6-18(7-5-16)15-21(25)22-19-8-9-20(17(2)14-19)24-12-10-23(3)11-13-24/h8-9,14-16H,4-7,10-13H2,1-3H3,(H,22,25). The minimum atomic E-state index is 0.0105. The van der Waals surface area contributed by atoms with Gasteiger partial charge < -0.3 is 15.1 Å². The van der Waals surface area contributed by atoms with Gasteiger partial charge in [0, 0.05) is 43.6 Å². The number of hydrogen-bond donors (Lipinski definition) is 1. The molecule has 1 saturated heterocycles. The van der Waals surface area contributed by atoms with Crippen molar-refractivity contribution in [1.29, 1.82) is 0 Å². The molecule has 136 valence electrons. The third kappa shape index (κ3) is 4.85. The van der Waals surface area contributed by atoms with Crippen LogP contribution < -0.4 is 10.2 Å². The molecule has 0 unspecified atom stereocenters. The minimum absolute atomic E-state index is 0.0105. The fraction of sp³-hybridized carbons (Fsp3) is 0.571. The van der Waals surface area contributed by atoms with E-state index in [1.54, 1.807) is 0 Å². The van der Waals surface area contributed by atoms with Gasteiger partial charge in [-0.3, -0.25) is 4.79 Å². The van der Waals surface area contributed by atoms with Crippen molar-refractivity contribution in [3.63, 3.8) is 0 Å². The summed E-state index contributed by atoms with van der Waals surface area (Å²) in [4.78, 5) is 17.1. The van der Waals surface area contributed by atoms with Gasteiger partial charge >= 0.3 is 0 Å². The van der Waals surface area contributed by atoms with Gasteiger partial charge in [-0.15, -0.1) is 0 Å². The van der Waals surface area contributed by atoms with Gasteiger partial charge in [-0.25, -0.2) is 0 Å². The summed E-state index contributed by atoms with van der Waals surface area (Å²) in [5.74, 6) is 0.807. The second-order valence-corrected chi connectivity index (χ2v) is 7.77. The van der Waals surface area contributed by atoms with E-state index in [2.05, 4.69) is 48.1 Å². The van der Waals surface area contributed by atoms with Crippen molar-refractivity contribution in [3.05, 3.63) is 35.4 Å². The Morgan fingerprint density at radius 3 is 2.48 bits per heavy atom. The number of nitrogens with zero attached hydrogens (tertiary/aromatic N) is 2. The number of amides is 1. The number of likely N-dealkylation sites (N-methyl/N-ethyl adjacent to an activating group) is 1. The molecule has 1 aromatic carbocycles. The number of hydrogen-bond acceptors (Lipinski definition) is 3. The molecule has 0 aromatic heterocycles. The fourth-order valence-corrected chi connectivity index (χ4v) is 3.78. The maximum Gasteiger partial charge on any atom is 0.248 e. The number of carbonyl (C=O) groups excluding carboxylic acids is 1. The van der Waals surface area contributed by atoms with Crippen LogP contribution in [-0.2, 0) is 4.79 Å². The molecular weight excluding hydrogens is 310 g/mol. The van der Waals surface area contributed by atoms with E-state index < -0.39 is 0 Å². The molecule has 1 aromatic rings. The van der Waals surface area contributed by atoms with E-state index in [0.717, 1.165) is 50.6 Å². The second-order valence-electron chi connectivity index (χ2n) is 7.77. The lowest BCUT2D eigenvalue weighted by Crippen LogP contribution is -2.44. The molecule has 3 rings (SSSR count). The first-order valence-corrected chi connectivity index (χ1v) is 9.56. The largest absolute Gasteiger partial charge is 0.369 e. The van der Waals surface area contributed by atoms with Crippen LogP contribution >= 0.6 is 0 Å². The maximum atomic E-state index is 12.3. The third-order valence-electron chi connectivity index (χ3n) is 5.56. The Morgan fingerprint density at radius 1 is 1.16 bits per heavy atom. The first-order valence-electron chi connectivity index (χ1n) is 9.56. The van der Waals surface area contributed by atoms with Crippen LogP contribution in [0.25, 0.3) is 0 Å². The highest BCUT2D eigenvalue weighted by Crippen LogP contribution is 2.28. The van der Waals surface area contributed by atoms with Crippen LogP contribution in [0.5, 0.6) is 0 Å². The Morgan fingerprint density at radius 2 is 1.84 bits per heavy atom. The van der Waals surface area contributed by atoms with Crippen molar-refractivity contribution in [2.45, 2.75) is 39.5 Å². The number of rotatable bonds is 3. The first-order chi connectivity index (χ1) is 12.0. The fourth-order valence-electron chi connectivity index (χ4n) is 3.78. The Kier molecular flexibility index (Phi) is 5.79. The Hall–Kier alpha value is -1.81. The zero-order valence-electron chi connectivity index (χ0n) is 15.8. The first kappa shape index (κ1) is 18.0. The van der Waals surface area contributed by atoms with E-state index in [1.165, 1.54) is 29.7 Å². The summed E-state index contributed by atoms with van der Waals surface area (Å²) in [6, 6.07) is 6.26. The molecule has 1 heterocycles. The number of carbonyl (C=O) groups is 1. The Labute approximate surface area is 151 Å². The predicted octanol–water partition coefficient (Wildman–Crippen LogP) is 3.82. The molecule has 2 aliphatic rings. The number of allylic oxidation sites excluding steroid dienone is 1. The zero-order chi connectivity index (χ0) is 17.8. The van der Waals surface area contributed by atoms with Crippen molar-refractivity contribution in [2.24, 2.45) is 5.92 Å². The van der Waals surface area contributed by atoms with Gasteiger partial charge in [0.2, 0.25) is 5.91 Å². The van der Waals surface area contributed by atoms with Crippen LogP contribution in [0.2, 0.25) is 0 Å². The van der Waals surface area contributed by atoms with E-state index in [0.29, 0.717) is 0 Å².